The van der Waals surface area contributed by atoms with E-state index in [0.29, 0.717) is 0 Å². The number of aryl methyl sites for hydroxylation is 1. The standard InChI is InChI=1S/C24H20FNO/c1-17-7-11-19(12-8-17)24(16-15-18-9-13-20(25)14-10-18)21-5-3-4-6-22(21)26(2)23(24)27/h3-16H,1-2H3/b16-15+. The minimum atomic E-state index is -0.895. The van der Waals surface area contributed by atoms with Crippen LogP contribution >= 0.6 is 0 Å². The number of para-hydroxylation sites is 1. The molecule has 0 aliphatic carbocycles. The van der Waals surface area contributed by atoms with Gasteiger partial charge in [-0.2, -0.15) is 0 Å². The highest BCUT2D eigenvalue weighted by Crippen LogP contribution is 2.46. The quantitative estimate of drug-likeness (QED) is 0.638. The van der Waals surface area contributed by atoms with Crippen LogP contribution in [0.15, 0.2) is 78.9 Å². The Balaban J connectivity index is 1.93. The Morgan fingerprint density at radius 1 is 0.926 bits per heavy atom. The molecule has 2 nitrogen and oxygen atoms in total. The van der Waals surface area contributed by atoms with Gasteiger partial charge in [0.1, 0.15) is 11.2 Å². The fourth-order valence-electron chi connectivity index (χ4n) is 3.74. The lowest BCUT2D eigenvalue weighted by molar-refractivity contribution is -0.120. The molecule has 0 saturated heterocycles. The van der Waals surface area contributed by atoms with Crippen LogP contribution in [0.5, 0.6) is 0 Å². The van der Waals surface area contributed by atoms with E-state index in [1.807, 2.05) is 74.7 Å². The van der Waals surface area contributed by atoms with Crippen molar-refractivity contribution in [3.63, 3.8) is 0 Å². The zero-order valence-electron chi connectivity index (χ0n) is 15.3. The second-order valence-electron chi connectivity index (χ2n) is 6.94. The number of hydrogen-bond acceptors (Lipinski definition) is 1. The van der Waals surface area contributed by atoms with Gasteiger partial charge >= 0.3 is 0 Å². The van der Waals surface area contributed by atoms with Gasteiger partial charge in [0.05, 0.1) is 0 Å². The maximum Gasteiger partial charge on any atom is 0.245 e. The summed E-state index contributed by atoms with van der Waals surface area (Å²) in [5.74, 6) is -0.270. The lowest BCUT2D eigenvalue weighted by atomic mass is 9.74. The molecule has 0 fully saturated rings. The number of carbonyl (C=O) groups excluding carboxylic acids is 1. The van der Waals surface area contributed by atoms with E-state index >= 15 is 0 Å². The van der Waals surface area contributed by atoms with Crippen LogP contribution < -0.4 is 4.90 Å². The van der Waals surface area contributed by atoms with Crippen LogP contribution in [0.2, 0.25) is 0 Å². The van der Waals surface area contributed by atoms with Crippen molar-refractivity contribution < 1.29 is 9.18 Å². The van der Waals surface area contributed by atoms with Crippen molar-refractivity contribution in [1.29, 1.82) is 0 Å². The van der Waals surface area contributed by atoms with Gasteiger partial charge in [-0.05, 0) is 41.8 Å². The van der Waals surface area contributed by atoms with Gasteiger partial charge in [-0.25, -0.2) is 4.39 Å². The first-order valence-electron chi connectivity index (χ1n) is 8.92. The minimum Gasteiger partial charge on any atom is -0.314 e. The highest BCUT2D eigenvalue weighted by Gasteiger charge is 2.49. The van der Waals surface area contributed by atoms with E-state index in [2.05, 4.69) is 0 Å². The molecule has 4 rings (SSSR count). The molecule has 3 heteroatoms. The number of rotatable bonds is 3. The van der Waals surface area contributed by atoms with Crippen LogP contribution in [0, 0.1) is 12.7 Å². The Morgan fingerprint density at radius 3 is 2.30 bits per heavy atom. The molecule has 1 aliphatic heterocycles. The molecule has 0 bridgehead atoms. The van der Waals surface area contributed by atoms with Gasteiger partial charge in [0.15, 0.2) is 0 Å². The van der Waals surface area contributed by atoms with E-state index < -0.39 is 5.41 Å². The monoisotopic (exact) mass is 357 g/mol. The van der Waals surface area contributed by atoms with Gasteiger partial charge in [-0.15, -0.1) is 0 Å². The van der Waals surface area contributed by atoms with Gasteiger partial charge in [0.25, 0.3) is 0 Å². The molecule has 1 atom stereocenters. The fraction of sp³-hybridized carbons (Fsp3) is 0.125. The van der Waals surface area contributed by atoms with Gasteiger partial charge in [-0.1, -0.05) is 72.3 Å². The van der Waals surface area contributed by atoms with Crippen molar-refractivity contribution in [2.45, 2.75) is 12.3 Å². The summed E-state index contributed by atoms with van der Waals surface area (Å²) in [5.41, 5.74) is 3.89. The molecule has 1 aliphatic rings. The highest BCUT2D eigenvalue weighted by molar-refractivity contribution is 6.12. The van der Waals surface area contributed by atoms with Crippen molar-refractivity contribution in [3.05, 3.63) is 107 Å². The molecule has 0 spiro atoms. The Morgan fingerprint density at radius 2 is 1.59 bits per heavy atom. The van der Waals surface area contributed by atoms with Crippen molar-refractivity contribution in [2.75, 3.05) is 11.9 Å². The Kier molecular flexibility index (Phi) is 4.15. The minimum absolute atomic E-state index is 0.00548. The summed E-state index contributed by atoms with van der Waals surface area (Å²) < 4.78 is 13.2. The summed E-state index contributed by atoms with van der Waals surface area (Å²) in [6.45, 7) is 2.03. The number of nitrogens with zero attached hydrogens (tertiary/aromatic N) is 1. The first kappa shape index (κ1) is 17.2. The lowest BCUT2D eigenvalue weighted by Gasteiger charge is -2.26. The van der Waals surface area contributed by atoms with E-state index in [9.17, 15) is 9.18 Å². The van der Waals surface area contributed by atoms with E-state index in [-0.39, 0.29) is 11.7 Å². The number of carbonyl (C=O) groups is 1. The normalized spacial score (nSPS) is 18.9. The molecule has 134 valence electrons. The molecule has 0 aromatic heterocycles. The number of likely N-dealkylation sites (N-methyl/N-ethyl adjacent to an activating group) is 1. The molecule has 27 heavy (non-hydrogen) atoms. The summed E-state index contributed by atoms with van der Waals surface area (Å²) in [6, 6.07) is 22.2. The van der Waals surface area contributed by atoms with Crippen LogP contribution in [0.25, 0.3) is 6.08 Å². The Hall–Kier alpha value is -3.20. The van der Waals surface area contributed by atoms with Crippen LogP contribution in [0.3, 0.4) is 0 Å². The van der Waals surface area contributed by atoms with Crippen LogP contribution in [-0.4, -0.2) is 13.0 Å². The fourth-order valence-corrected chi connectivity index (χ4v) is 3.74. The predicted octanol–water partition coefficient (Wildman–Crippen LogP) is 5.11. The maximum absolute atomic E-state index is 13.5. The van der Waals surface area contributed by atoms with E-state index in [4.69, 9.17) is 0 Å². The van der Waals surface area contributed by atoms with Crippen molar-refractivity contribution in [3.8, 4) is 0 Å². The average molecular weight is 357 g/mol. The van der Waals surface area contributed by atoms with E-state index in [1.165, 1.54) is 12.1 Å². The SMILES string of the molecule is Cc1ccc(C2(/C=C/c3ccc(F)cc3)C(=O)N(C)c3ccccc32)cc1. The van der Waals surface area contributed by atoms with Gasteiger partial charge in [-0.3, -0.25) is 4.79 Å². The van der Waals surface area contributed by atoms with Crippen LogP contribution in [-0.2, 0) is 10.2 Å². The number of anilines is 1. The van der Waals surface area contributed by atoms with E-state index in [0.717, 1.165) is 27.9 Å². The number of amides is 1. The second kappa shape index (κ2) is 6.51. The third-order valence-corrected chi connectivity index (χ3v) is 5.23. The Bertz CT molecular complexity index is 1020. The summed E-state index contributed by atoms with van der Waals surface area (Å²) in [7, 11) is 1.81. The maximum atomic E-state index is 13.5. The second-order valence-corrected chi connectivity index (χ2v) is 6.94. The molecule has 0 N–H and O–H groups in total. The van der Waals surface area contributed by atoms with Gasteiger partial charge in [0, 0.05) is 12.7 Å². The van der Waals surface area contributed by atoms with Gasteiger partial charge < -0.3 is 4.90 Å². The molecule has 3 aromatic carbocycles. The number of fused-ring (bicyclic) bond motifs is 1. The summed E-state index contributed by atoms with van der Waals surface area (Å²) in [4.78, 5) is 15.2. The van der Waals surface area contributed by atoms with Gasteiger partial charge in [0.2, 0.25) is 5.91 Å². The van der Waals surface area contributed by atoms with Crippen molar-refractivity contribution in [1.82, 2.24) is 0 Å². The summed E-state index contributed by atoms with van der Waals surface area (Å²) >= 11 is 0. The Labute approximate surface area is 158 Å². The molecule has 1 amide bonds. The molecule has 3 aromatic rings. The zero-order chi connectivity index (χ0) is 19.0. The van der Waals surface area contributed by atoms with Crippen molar-refractivity contribution >= 4 is 17.7 Å². The number of halogens is 1. The molecule has 0 saturated carbocycles. The third kappa shape index (κ3) is 2.76. The molecule has 1 unspecified atom stereocenters. The third-order valence-electron chi connectivity index (χ3n) is 5.23. The number of benzene rings is 3. The summed E-state index contributed by atoms with van der Waals surface area (Å²) in [6.07, 6.45) is 3.84. The topological polar surface area (TPSA) is 20.3 Å². The molecule has 1 heterocycles. The first-order valence-corrected chi connectivity index (χ1v) is 8.92. The summed E-state index contributed by atoms with van der Waals surface area (Å²) in [5, 5.41) is 0. The lowest BCUT2D eigenvalue weighted by Crippen LogP contribution is -2.38. The zero-order valence-corrected chi connectivity index (χ0v) is 15.3. The number of hydrogen-bond donors (Lipinski definition) is 0. The molecular formula is C24H20FNO. The van der Waals surface area contributed by atoms with E-state index in [1.54, 1.807) is 17.0 Å². The highest BCUT2D eigenvalue weighted by atomic mass is 19.1. The predicted molar refractivity (Wildman–Crippen MR) is 107 cm³/mol. The van der Waals surface area contributed by atoms with Crippen LogP contribution in [0.4, 0.5) is 10.1 Å². The largest absolute Gasteiger partial charge is 0.314 e. The first-order chi connectivity index (χ1) is 13.0. The average Bonchev–Trinajstić information content (AvgIpc) is 2.91. The molecule has 0 radical (unpaired) electrons. The van der Waals surface area contributed by atoms with Crippen LogP contribution in [0.1, 0.15) is 22.3 Å². The van der Waals surface area contributed by atoms with Crippen molar-refractivity contribution in [2.24, 2.45) is 0 Å². The smallest absolute Gasteiger partial charge is 0.245 e. The molecular weight excluding hydrogens is 337 g/mol.